The fourth-order valence-electron chi connectivity index (χ4n) is 3.14. The van der Waals surface area contributed by atoms with Gasteiger partial charge in [0.15, 0.2) is 0 Å². The predicted molar refractivity (Wildman–Crippen MR) is 101 cm³/mol. The van der Waals surface area contributed by atoms with Gasteiger partial charge in [-0.05, 0) is 62.5 Å². The highest BCUT2D eigenvalue weighted by Gasteiger charge is 2.15. The van der Waals surface area contributed by atoms with Crippen LogP contribution >= 0.6 is 0 Å². The number of amides is 3. The van der Waals surface area contributed by atoms with Crippen LogP contribution in [-0.2, 0) is 0 Å². The van der Waals surface area contributed by atoms with Gasteiger partial charge in [0.05, 0.1) is 0 Å². The van der Waals surface area contributed by atoms with Crippen LogP contribution in [0.2, 0.25) is 0 Å². The Kier molecular flexibility index (Phi) is 6.82. The highest BCUT2D eigenvalue weighted by Crippen LogP contribution is 2.16. The van der Waals surface area contributed by atoms with E-state index in [0.717, 1.165) is 12.1 Å². The number of hydrogen-bond donors (Lipinski definition) is 2. The standard InChI is InChI=1S/C19H30N4O2/c1-14(13-23-9-5-6-10-23)12-20-19(25)21-16-7-8-17(15(2)11-16)18(24)22(3)4/h7-8,11,14H,5-6,9-10,12-13H2,1-4H3,(H2,20,21,25)/t14-/m1/s1. The first-order chi connectivity index (χ1) is 11.9. The van der Waals surface area contributed by atoms with Gasteiger partial charge < -0.3 is 20.4 Å². The van der Waals surface area contributed by atoms with Gasteiger partial charge in [-0.1, -0.05) is 6.92 Å². The first-order valence-electron chi connectivity index (χ1n) is 8.96. The van der Waals surface area contributed by atoms with Gasteiger partial charge in [-0.3, -0.25) is 4.79 Å². The monoisotopic (exact) mass is 346 g/mol. The Morgan fingerprint density at radius 3 is 2.52 bits per heavy atom. The van der Waals surface area contributed by atoms with Crippen LogP contribution in [0.3, 0.4) is 0 Å². The van der Waals surface area contributed by atoms with Crippen molar-refractivity contribution in [2.75, 3.05) is 45.6 Å². The van der Waals surface area contributed by atoms with Gasteiger partial charge in [0, 0.05) is 38.4 Å². The number of likely N-dealkylation sites (tertiary alicyclic amines) is 1. The minimum absolute atomic E-state index is 0.0377. The van der Waals surface area contributed by atoms with Gasteiger partial charge in [0.2, 0.25) is 0 Å². The Hall–Kier alpha value is -2.08. The van der Waals surface area contributed by atoms with Crippen LogP contribution in [0.1, 0.15) is 35.7 Å². The largest absolute Gasteiger partial charge is 0.345 e. The van der Waals surface area contributed by atoms with Crippen molar-refractivity contribution in [3.05, 3.63) is 29.3 Å². The Morgan fingerprint density at radius 1 is 1.24 bits per heavy atom. The summed E-state index contributed by atoms with van der Waals surface area (Å²) >= 11 is 0. The second-order valence-corrected chi connectivity index (χ2v) is 7.18. The number of aryl methyl sites for hydroxylation is 1. The first kappa shape index (κ1) is 19.2. The Balaban J connectivity index is 1.81. The molecule has 0 spiro atoms. The summed E-state index contributed by atoms with van der Waals surface area (Å²) in [7, 11) is 3.45. The number of hydrogen-bond acceptors (Lipinski definition) is 3. The molecule has 1 aromatic rings. The van der Waals surface area contributed by atoms with Crippen LogP contribution in [0.15, 0.2) is 18.2 Å². The van der Waals surface area contributed by atoms with Gasteiger partial charge in [-0.2, -0.15) is 0 Å². The summed E-state index contributed by atoms with van der Waals surface area (Å²) in [5.41, 5.74) is 2.19. The van der Waals surface area contributed by atoms with Gasteiger partial charge >= 0.3 is 6.03 Å². The zero-order valence-corrected chi connectivity index (χ0v) is 15.8. The molecule has 0 saturated carbocycles. The molecule has 0 unspecified atom stereocenters. The van der Waals surface area contributed by atoms with Gasteiger partial charge in [0.1, 0.15) is 0 Å². The minimum Gasteiger partial charge on any atom is -0.345 e. The fourth-order valence-corrected chi connectivity index (χ4v) is 3.14. The van der Waals surface area contributed by atoms with Crippen LogP contribution in [0, 0.1) is 12.8 Å². The lowest BCUT2D eigenvalue weighted by Crippen LogP contribution is -2.36. The molecule has 1 fully saturated rings. The molecule has 1 aliphatic heterocycles. The molecule has 1 saturated heterocycles. The zero-order chi connectivity index (χ0) is 18.4. The number of rotatable bonds is 6. The zero-order valence-electron chi connectivity index (χ0n) is 15.8. The number of urea groups is 1. The molecule has 25 heavy (non-hydrogen) atoms. The van der Waals surface area contributed by atoms with Gasteiger partial charge in [-0.15, -0.1) is 0 Å². The average molecular weight is 346 g/mol. The van der Waals surface area contributed by atoms with E-state index in [4.69, 9.17) is 0 Å². The SMILES string of the molecule is Cc1cc(NC(=O)NC[C@@H](C)CN2CCCC2)ccc1C(=O)N(C)C. The molecule has 2 N–H and O–H groups in total. The number of nitrogens with one attached hydrogen (secondary N) is 2. The molecule has 6 heteroatoms. The van der Waals surface area contributed by atoms with E-state index in [2.05, 4.69) is 22.5 Å². The number of anilines is 1. The summed E-state index contributed by atoms with van der Waals surface area (Å²) in [5, 5.41) is 5.77. The van der Waals surface area contributed by atoms with Crippen LogP contribution in [0.4, 0.5) is 10.5 Å². The number of benzene rings is 1. The molecule has 0 radical (unpaired) electrons. The van der Waals surface area contributed by atoms with Crippen LogP contribution in [-0.4, -0.2) is 62.0 Å². The minimum atomic E-state index is -0.209. The third-order valence-corrected chi connectivity index (χ3v) is 4.50. The van der Waals surface area contributed by atoms with E-state index >= 15 is 0 Å². The maximum absolute atomic E-state index is 12.1. The lowest BCUT2D eigenvalue weighted by atomic mass is 10.1. The van der Waals surface area contributed by atoms with E-state index in [0.29, 0.717) is 23.7 Å². The van der Waals surface area contributed by atoms with E-state index in [1.54, 1.807) is 31.1 Å². The Bertz CT molecular complexity index is 609. The highest BCUT2D eigenvalue weighted by molar-refractivity contribution is 5.96. The lowest BCUT2D eigenvalue weighted by Gasteiger charge is -2.20. The topological polar surface area (TPSA) is 64.7 Å². The van der Waals surface area contributed by atoms with Gasteiger partial charge in [0.25, 0.3) is 5.91 Å². The average Bonchev–Trinajstić information content (AvgIpc) is 3.05. The molecule has 138 valence electrons. The quantitative estimate of drug-likeness (QED) is 0.832. The van der Waals surface area contributed by atoms with Crippen molar-refractivity contribution in [1.29, 1.82) is 0 Å². The van der Waals surface area contributed by atoms with Crippen LogP contribution < -0.4 is 10.6 Å². The molecule has 1 atom stereocenters. The lowest BCUT2D eigenvalue weighted by molar-refractivity contribution is 0.0827. The van der Waals surface area contributed by atoms with E-state index in [9.17, 15) is 9.59 Å². The molecule has 1 aliphatic rings. The molecule has 1 aromatic carbocycles. The Labute approximate surface area is 150 Å². The highest BCUT2D eigenvalue weighted by atomic mass is 16.2. The first-order valence-corrected chi connectivity index (χ1v) is 8.96. The molecule has 0 aliphatic carbocycles. The second kappa shape index (κ2) is 8.85. The molecule has 3 amide bonds. The van der Waals surface area contributed by atoms with Crippen molar-refractivity contribution in [3.63, 3.8) is 0 Å². The molecular weight excluding hydrogens is 316 g/mol. The van der Waals surface area contributed by atoms with Crippen molar-refractivity contribution in [2.45, 2.75) is 26.7 Å². The summed E-state index contributed by atoms with van der Waals surface area (Å²) in [6.07, 6.45) is 2.57. The Morgan fingerprint density at radius 2 is 1.92 bits per heavy atom. The number of nitrogens with zero attached hydrogens (tertiary/aromatic N) is 2. The molecular formula is C19H30N4O2. The van der Waals surface area contributed by atoms with Crippen LogP contribution in [0.25, 0.3) is 0 Å². The molecule has 1 heterocycles. The van der Waals surface area contributed by atoms with Crippen molar-refractivity contribution in [2.24, 2.45) is 5.92 Å². The predicted octanol–water partition coefficient (Wildman–Crippen LogP) is 2.55. The smallest absolute Gasteiger partial charge is 0.319 e. The van der Waals surface area contributed by atoms with E-state index in [-0.39, 0.29) is 11.9 Å². The summed E-state index contributed by atoms with van der Waals surface area (Å²) in [6.45, 7) is 8.06. The summed E-state index contributed by atoms with van der Waals surface area (Å²) < 4.78 is 0. The second-order valence-electron chi connectivity index (χ2n) is 7.18. The molecule has 0 bridgehead atoms. The summed E-state index contributed by atoms with van der Waals surface area (Å²) in [5.74, 6) is 0.384. The van der Waals surface area contributed by atoms with Crippen molar-refractivity contribution < 1.29 is 9.59 Å². The van der Waals surface area contributed by atoms with Crippen molar-refractivity contribution in [1.82, 2.24) is 15.1 Å². The number of carbonyl (C=O) groups is 2. The maximum atomic E-state index is 12.1. The fraction of sp³-hybridized carbons (Fsp3) is 0.579. The molecule has 0 aromatic heterocycles. The van der Waals surface area contributed by atoms with E-state index in [1.807, 2.05) is 13.0 Å². The summed E-state index contributed by atoms with van der Waals surface area (Å²) in [6, 6.07) is 5.13. The number of carbonyl (C=O) groups excluding carboxylic acids is 2. The molecule has 2 rings (SSSR count). The van der Waals surface area contributed by atoms with Crippen molar-refractivity contribution >= 4 is 17.6 Å². The van der Waals surface area contributed by atoms with Crippen LogP contribution in [0.5, 0.6) is 0 Å². The molecule has 6 nitrogen and oxygen atoms in total. The van der Waals surface area contributed by atoms with Gasteiger partial charge in [-0.25, -0.2) is 4.79 Å². The van der Waals surface area contributed by atoms with E-state index < -0.39 is 0 Å². The van der Waals surface area contributed by atoms with E-state index in [1.165, 1.54) is 25.9 Å². The maximum Gasteiger partial charge on any atom is 0.319 e. The normalized spacial score (nSPS) is 15.7. The third-order valence-electron chi connectivity index (χ3n) is 4.50. The summed E-state index contributed by atoms with van der Waals surface area (Å²) in [4.78, 5) is 28.1. The van der Waals surface area contributed by atoms with Crippen molar-refractivity contribution in [3.8, 4) is 0 Å². The third kappa shape index (κ3) is 5.74.